The van der Waals surface area contributed by atoms with Gasteiger partial charge in [0.15, 0.2) is 0 Å². The number of nitrogens with zero attached hydrogens (tertiary/aromatic N) is 17. The minimum atomic E-state index is 0. The van der Waals surface area contributed by atoms with Crippen molar-refractivity contribution < 1.29 is 4.79 Å². The Balaban J connectivity index is 0.000000115. The summed E-state index contributed by atoms with van der Waals surface area (Å²) >= 11 is 0. The first-order chi connectivity index (χ1) is 60.4. The van der Waals surface area contributed by atoms with E-state index in [1.807, 2.05) is 30.0 Å². The van der Waals surface area contributed by atoms with Crippen LogP contribution in [0.5, 0.6) is 0 Å². The minimum absolute atomic E-state index is 0. The van der Waals surface area contributed by atoms with Gasteiger partial charge in [-0.2, -0.15) is 10.2 Å². The zero-order valence-corrected chi connectivity index (χ0v) is 88.2. The van der Waals surface area contributed by atoms with Gasteiger partial charge in [0.2, 0.25) is 5.91 Å². The average molecular weight is 1790 g/mol. The Morgan fingerprint density at radius 2 is 1.09 bits per heavy atom. The quantitative estimate of drug-likeness (QED) is 0.230. The van der Waals surface area contributed by atoms with Gasteiger partial charge in [0.05, 0.1) is 34.9 Å². The number of hydrogen-bond acceptors (Lipinski definition) is 16. The Labute approximate surface area is 791 Å². The molecule has 14 unspecified atom stereocenters. The maximum Gasteiger partial charge on any atom is 0.231 e. The highest BCUT2D eigenvalue weighted by atomic mass is 16.2. The predicted molar refractivity (Wildman–Crippen MR) is 539 cm³/mol. The van der Waals surface area contributed by atoms with E-state index in [1.165, 1.54) is 214 Å². The molecule has 14 atom stereocenters. The average Bonchev–Trinajstić information content (AvgIpc) is 0.847. The Bertz CT molecular complexity index is 3900. The number of nitrogens with one attached hydrogen (secondary N) is 1. The van der Waals surface area contributed by atoms with E-state index in [0.717, 1.165) is 200 Å². The first-order valence-corrected chi connectivity index (χ1v) is 54.1. The van der Waals surface area contributed by atoms with Crippen LogP contribution in [0.15, 0.2) is 17.6 Å². The molecule has 14 aliphatic heterocycles. The second-order valence-corrected chi connectivity index (χ2v) is 51.0. The fraction of sp³-hybridized carbons (Fsp3) is 0.927. The summed E-state index contributed by atoms with van der Waals surface area (Å²) in [5.41, 5.74) is 11.8. The summed E-state index contributed by atoms with van der Waals surface area (Å²) in [6.07, 6.45) is 26.0. The van der Waals surface area contributed by atoms with Gasteiger partial charge in [-0.15, -0.1) is 0 Å². The molecule has 25 aliphatic rings. The van der Waals surface area contributed by atoms with E-state index >= 15 is 0 Å². The van der Waals surface area contributed by atoms with Crippen LogP contribution in [0.25, 0.3) is 0 Å². The summed E-state index contributed by atoms with van der Waals surface area (Å²) in [6.45, 7) is 87.1. The van der Waals surface area contributed by atoms with Crippen molar-refractivity contribution in [3.8, 4) is 0 Å². The Morgan fingerprint density at radius 1 is 0.481 bits per heavy atom. The highest BCUT2D eigenvalue weighted by Crippen LogP contribution is 3.11. The zero-order chi connectivity index (χ0) is 92.4. The molecule has 16 heterocycles. The van der Waals surface area contributed by atoms with Gasteiger partial charge in [0, 0.05) is 247 Å². The zero-order valence-electron chi connectivity index (χ0n) is 88.2. The van der Waals surface area contributed by atoms with Crippen molar-refractivity contribution in [3.63, 3.8) is 0 Å². The molecule has 1 amide bonds. The molecule has 2 aromatic heterocycles. The van der Waals surface area contributed by atoms with Gasteiger partial charge >= 0.3 is 0 Å². The highest BCUT2D eigenvalue weighted by Gasteiger charge is 3.08. The number of likely N-dealkylation sites (N-methyl/N-ethyl adjacent to an activating group) is 1. The van der Waals surface area contributed by atoms with Crippen molar-refractivity contribution >= 4 is 12.1 Å². The molecule has 2 aromatic rings. The molecule has 19 nitrogen and oxygen atoms in total. The van der Waals surface area contributed by atoms with Crippen LogP contribution in [-0.4, -0.2) is 307 Å². The number of amides is 1. The normalized spacial score (nSPS) is 39.4. The molecule has 11 saturated carbocycles. The van der Waals surface area contributed by atoms with Gasteiger partial charge in [-0.1, -0.05) is 69.2 Å². The SMILES string of the molecule is C.CC(C)C12C3C4C1C1C2C3C41C.CC(C)C12CC(CN(C)C1)C2.CC(C)N1CC2(CCN(C)C2=O)C1.CC(C)N1CC2CC2(C)C1.CC(C)N1CC2CC2C1.CC(C)N1CCC2NN=CC2C1.CC(C)N1CCCC2CCCC21.CC(C)N1CCc2nn(C)cc2C1.CC1C2CCC1N(C(C)C)C2.CC1C2CN(C(C)C)C1CN2C.Cc1ncn2c1CN(C(C)C)CC2. The van der Waals surface area contributed by atoms with E-state index < -0.39 is 0 Å². The predicted octanol–water partition coefficient (Wildman–Crippen LogP) is 17.8. The lowest BCUT2D eigenvalue weighted by atomic mass is 8.92. The summed E-state index contributed by atoms with van der Waals surface area (Å²) in [5, 5.41) is 8.55. The molecule has 11 aliphatic carbocycles. The Morgan fingerprint density at radius 3 is 1.57 bits per heavy atom. The Hall–Kier alpha value is -3.08. The molecule has 1 spiro atoms. The maximum atomic E-state index is 11.8. The van der Waals surface area contributed by atoms with Crippen molar-refractivity contribution in [2.24, 2.45) is 140 Å². The number of hydrogen-bond donors (Lipinski definition) is 1. The fourth-order valence-corrected chi connectivity index (χ4v) is 31.6. The number of hydrazone groups is 1. The van der Waals surface area contributed by atoms with Gasteiger partial charge in [-0.3, -0.25) is 38.9 Å². The lowest BCUT2D eigenvalue weighted by molar-refractivity contribution is -0.662. The second kappa shape index (κ2) is 40.4. The number of aromatic nitrogens is 4. The van der Waals surface area contributed by atoms with E-state index in [-0.39, 0.29) is 12.8 Å². The van der Waals surface area contributed by atoms with Crippen molar-refractivity contribution in [2.75, 3.05) is 132 Å². The summed E-state index contributed by atoms with van der Waals surface area (Å²) in [6, 6.07) is 10.6. The molecule has 0 aromatic carbocycles. The smallest absolute Gasteiger partial charge is 0.231 e. The third kappa shape index (κ3) is 19.8. The van der Waals surface area contributed by atoms with E-state index in [2.05, 4.69) is 293 Å². The molecule has 6 bridgehead atoms. The summed E-state index contributed by atoms with van der Waals surface area (Å²) < 4.78 is 4.20. The number of piperidine rings is 7. The minimum Gasteiger partial charge on any atom is -0.345 e. The van der Waals surface area contributed by atoms with Crippen LogP contribution in [0.4, 0.5) is 0 Å². The summed E-state index contributed by atoms with van der Waals surface area (Å²) in [4.78, 5) is 46.2. The van der Waals surface area contributed by atoms with Crippen molar-refractivity contribution in [1.29, 1.82) is 0 Å². The van der Waals surface area contributed by atoms with Crippen molar-refractivity contribution in [3.05, 3.63) is 35.2 Å². The summed E-state index contributed by atoms with van der Waals surface area (Å²) in [7, 11) is 8.44. The molecular formula is C110H200N18O. The largest absolute Gasteiger partial charge is 0.345 e. The van der Waals surface area contributed by atoms with Crippen LogP contribution in [0.3, 0.4) is 0 Å². The van der Waals surface area contributed by atoms with Crippen molar-refractivity contribution in [2.45, 2.75) is 388 Å². The van der Waals surface area contributed by atoms with Gasteiger partial charge in [0.25, 0.3) is 0 Å². The van der Waals surface area contributed by atoms with Crippen molar-refractivity contribution in [1.82, 2.24) is 83.6 Å². The Kier molecular flexibility index (Phi) is 31.9. The van der Waals surface area contributed by atoms with Crippen LogP contribution >= 0.6 is 0 Å². The molecule has 736 valence electrons. The third-order valence-electron chi connectivity index (χ3n) is 40.2. The number of fused-ring (bicyclic) bond motifs is 12. The number of rotatable bonds is 11. The molecule has 11 saturated heterocycles. The standard InChI is InChI=1S/C12H16.C11H21N.2C10H17N3.C10H18N2O.C10H20N2.2C10H19N.C9H17N3.C9H17N.C8H15N.CH4/c1-4(2)12-8-5-9(12)7-10(12)6(8)11(5,7)3;1-9(2)12-8-4-6-10-5-3-7-11(10)12;1-8(2)13-5-4-10-9(7-13)6-12(3)11-10;1-8(2)12-4-5-13-7-11-9(3)10(13)6-12;1-8(2)12-6-10(7-12)4-5-11(3)9(10)13;1-7(2)12-6-9-8(3)10(12)5-11(9)4;1-8(2)10-4-9(5-10)6-11(3)7-10;1-7(2)11-6-9-4-5-10(11)8(9)3;1-7(2)12-4-3-9-8(6-12)5-10-11-9;1-7(2)10-5-8-4-9(8,3)6-10;1-6(2)9-4-7-3-8(7)5-9;/h4-10H,1-3H3;9-11H,3-8H2,1-2H3;6,8H,4-5,7H2,1-3H3;7-8H,4-6H2,1-3H3;8H,4-7H2,1-3H3;7-10H,5-6H2,1-4H3;8-9H,4-7H2,1-3H3;7-10H,4-6H2,1-3H3;5,7-9,11H,3-4,6H2,1-2H3;7-8H,4-6H2,1-3H3;6-8H,3-5H2,1-2H3;1H4. The lowest BCUT2D eigenvalue weighted by Crippen LogP contribution is -3.09. The molecule has 22 fully saturated rings. The van der Waals surface area contributed by atoms with Crippen LogP contribution in [0, 0.1) is 135 Å². The van der Waals surface area contributed by atoms with Gasteiger partial charge in [0.1, 0.15) is 0 Å². The lowest BCUT2D eigenvalue weighted by Gasteiger charge is -3.12. The number of carbonyl (C=O) groups excluding carboxylic acids is 1. The number of aryl methyl sites for hydroxylation is 2. The maximum absolute atomic E-state index is 11.8. The van der Waals surface area contributed by atoms with Crippen LogP contribution < -0.4 is 5.43 Å². The molecule has 0 radical (unpaired) electrons. The van der Waals surface area contributed by atoms with Crippen LogP contribution in [0.2, 0.25) is 0 Å². The first-order valence-electron chi connectivity index (χ1n) is 54.1. The van der Waals surface area contributed by atoms with E-state index in [9.17, 15) is 4.79 Å². The van der Waals surface area contributed by atoms with Crippen LogP contribution in [-0.2, 0) is 37.9 Å². The van der Waals surface area contributed by atoms with Gasteiger partial charge in [-0.05, 0) is 346 Å². The first kappa shape index (κ1) is 102. The van der Waals surface area contributed by atoms with Gasteiger partial charge in [-0.25, -0.2) is 4.98 Å². The third-order valence-corrected chi connectivity index (χ3v) is 40.2. The van der Waals surface area contributed by atoms with E-state index in [1.54, 1.807) is 0 Å². The summed E-state index contributed by atoms with van der Waals surface area (Å²) in [5.74, 6) is 18.6. The molecule has 27 rings (SSSR count). The monoisotopic (exact) mass is 1790 g/mol. The number of likely N-dealkylation sites (tertiary alicyclic amines) is 9. The fourth-order valence-electron chi connectivity index (χ4n) is 31.6. The van der Waals surface area contributed by atoms with Gasteiger partial charge < -0.3 is 39.4 Å². The molecule has 129 heavy (non-hydrogen) atoms. The molecule has 19 heteroatoms. The number of piperazine rings is 1. The molecule has 1 N–H and O–H groups in total. The van der Waals surface area contributed by atoms with E-state index in [0.29, 0.717) is 42.0 Å². The van der Waals surface area contributed by atoms with Crippen LogP contribution in [0.1, 0.15) is 294 Å². The topological polar surface area (TPSA) is 116 Å². The van der Waals surface area contributed by atoms with E-state index in [4.69, 9.17) is 0 Å². The highest BCUT2D eigenvalue weighted by molar-refractivity contribution is 5.86. The molecular weight excluding hydrogens is 1590 g/mol. The number of imidazole rings is 1. The second-order valence-electron chi connectivity index (χ2n) is 51.0. The number of carbonyl (C=O) groups is 1.